The lowest BCUT2D eigenvalue weighted by Crippen LogP contribution is -2.53. The molecule has 4 aromatic heterocycles. The fraction of sp³-hybridized carbons (Fsp3) is 0.0446. The molecule has 0 saturated carbocycles. The fourth-order valence-electron chi connectivity index (χ4n) is 23.5. The van der Waals surface area contributed by atoms with Crippen LogP contribution in [0.1, 0.15) is 118 Å². The molecule has 28 rings (SSSR count). The van der Waals surface area contributed by atoms with Gasteiger partial charge in [0, 0.05) is 83.3 Å². The molecule has 9 heteroatoms. The van der Waals surface area contributed by atoms with Crippen molar-refractivity contribution in [1.82, 2.24) is 0 Å². The van der Waals surface area contributed by atoms with Crippen molar-refractivity contribution < 1.29 is 17.7 Å². The quantitative estimate of drug-likeness (QED) is 0.147. The van der Waals surface area contributed by atoms with E-state index in [9.17, 15) is 26.3 Å². The molecule has 0 radical (unpaired) electrons. The molecule has 0 fully saturated rings. The van der Waals surface area contributed by atoms with Crippen molar-refractivity contribution in [2.75, 3.05) is 0 Å². The van der Waals surface area contributed by atoms with Gasteiger partial charge in [-0.25, -0.2) is 0 Å². The third-order valence-corrected chi connectivity index (χ3v) is 28.0. The Morgan fingerprint density at radius 3 is 1.08 bits per heavy atom. The van der Waals surface area contributed by atoms with Gasteiger partial charge in [-0.3, -0.25) is 0 Å². The molecule has 22 aromatic rings. The number of hydrogen-bond acceptors (Lipinski definition) is 9. The van der Waals surface area contributed by atoms with Crippen LogP contribution >= 0.6 is 0 Å². The predicted octanol–water partition coefficient (Wildman–Crippen LogP) is 28.0. The smallest absolute Gasteiger partial charge is 0.143 e. The van der Waals surface area contributed by atoms with Crippen molar-refractivity contribution in [3.05, 3.63) is 404 Å². The highest BCUT2D eigenvalue weighted by molar-refractivity contribution is 6.26. The maximum absolute atomic E-state index is 12.0. The number of rotatable bonds is 6. The summed E-state index contributed by atoms with van der Waals surface area (Å²) in [4.78, 5) is 0. The second-order valence-corrected chi connectivity index (χ2v) is 33.0. The van der Waals surface area contributed by atoms with Crippen LogP contribution in [-0.2, 0) is 5.41 Å². The summed E-state index contributed by atoms with van der Waals surface area (Å²) in [6, 6.07) is 121. The molecule has 5 atom stereocenters. The largest absolute Gasteiger partial charge is 0.456 e. The molecule has 9 nitrogen and oxygen atoms in total. The number of nitrogens with zero attached hydrogens (tertiary/aromatic N) is 5. The zero-order chi connectivity index (χ0) is 79.7. The van der Waals surface area contributed by atoms with E-state index in [0.29, 0.717) is 44.6 Å². The minimum Gasteiger partial charge on any atom is -0.456 e. The first-order valence-corrected chi connectivity index (χ1v) is 40.8. The average Bonchev–Trinajstić information content (AvgIpc) is 1.47. The van der Waals surface area contributed by atoms with Crippen LogP contribution in [0.25, 0.3) is 187 Å². The maximum atomic E-state index is 12.0. The molecule has 4 heterocycles. The van der Waals surface area contributed by atoms with Gasteiger partial charge in [0.25, 0.3) is 0 Å². The lowest BCUT2D eigenvalue weighted by atomic mass is 9.42. The molecule has 0 N–H and O–H groups in total. The van der Waals surface area contributed by atoms with E-state index in [1.54, 1.807) is 0 Å². The van der Waals surface area contributed by atoms with E-state index in [-0.39, 0.29) is 11.8 Å². The third kappa shape index (κ3) is 8.18. The summed E-state index contributed by atoms with van der Waals surface area (Å²) in [5.74, 6) is -1.94. The zero-order valence-electron chi connectivity index (χ0n) is 64.1. The van der Waals surface area contributed by atoms with Gasteiger partial charge in [0.2, 0.25) is 0 Å². The van der Waals surface area contributed by atoms with Crippen LogP contribution in [0.15, 0.2) is 327 Å². The van der Waals surface area contributed by atoms with Crippen LogP contribution in [0, 0.1) is 56.7 Å². The van der Waals surface area contributed by atoms with Gasteiger partial charge in [0.1, 0.15) is 44.7 Å². The van der Waals surface area contributed by atoms with Crippen molar-refractivity contribution in [2.45, 2.75) is 29.1 Å². The van der Waals surface area contributed by atoms with E-state index in [2.05, 4.69) is 218 Å². The summed E-state index contributed by atoms with van der Waals surface area (Å²) in [5, 5.41) is 73.6. The molecule has 121 heavy (non-hydrogen) atoms. The van der Waals surface area contributed by atoms with Gasteiger partial charge < -0.3 is 17.7 Å². The van der Waals surface area contributed by atoms with Gasteiger partial charge in [-0.1, -0.05) is 212 Å². The molecule has 6 aliphatic carbocycles. The Labute approximate surface area is 689 Å². The number of nitriles is 5. The van der Waals surface area contributed by atoms with E-state index in [0.717, 1.165) is 221 Å². The topological polar surface area (TPSA) is 172 Å². The number of fused-ring (bicyclic) bond motifs is 25. The third-order valence-electron chi connectivity index (χ3n) is 28.0. The van der Waals surface area contributed by atoms with Crippen LogP contribution in [0.2, 0.25) is 0 Å². The average molecular weight is 1530 g/mol. The Balaban J connectivity index is 0.696. The number of hydrogen-bond donors (Lipinski definition) is 0. The highest BCUT2D eigenvalue weighted by atomic mass is 16.3. The first-order valence-electron chi connectivity index (χ1n) is 40.8. The molecular formula is C112H55N5O4. The lowest BCUT2D eigenvalue weighted by molar-refractivity contribution is 0.333. The van der Waals surface area contributed by atoms with E-state index in [1.165, 1.54) is 16.2 Å². The Hall–Kier alpha value is -16.6. The SMILES string of the molecule is N#Cc1cc2c(cc1-c1ccc3c4ccccc4c4ccccc4c3c1)C1c3cc(-c4cccc5oc6ccccc6c45)c(C#N)cc3C3c4c(-c5ccc(-c6ccc(C#N)c7c6C6c8c(C#N)ccc(-c9cccc%10oc%11ccccc%11c9%10)c8C7c7c(C#N)ccc(-c8cccc9oc%10ccccc%10c89)c76)c6c5oc5ccccc56)cccc4C213. The zero-order valence-corrected chi connectivity index (χ0v) is 64.1. The number of furan rings is 4. The van der Waals surface area contributed by atoms with Crippen molar-refractivity contribution >= 4 is 120 Å². The number of benzene rings is 18. The van der Waals surface area contributed by atoms with Gasteiger partial charge in [-0.2, -0.15) is 26.3 Å². The fourth-order valence-corrected chi connectivity index (χ4v) is 23.5. The molecule has 18 aromatic carbocycles. The predicted molar refractivity (Wildman–Crippen MR) is 476 cm³/mol. The van der Waals surface area contributed by atoms with Gasteiger partial charge in [-0.15, -0.1) is 0 Å². The second kappa shape index (κ2) is 23.6. The van der Waals surface area contributed by atoms with E-state index < -0.39 is 17.3 Å². The molecule has 2 bridgehead atoms. The summed E-state index contributed by atoms with van der Waals surface area (Å²) in [7, 11) is 0. The molecule has 6 aliphatic rings. The van der Waals surface area contributed by atoms with Gasteiger partial charge in [-0.05, 0) is 252 Å². The van der Waals surface area contributed by atoms with E-state index >= 15 is 0 Å². The normalized spacial score (nSPS) is 16.6. The first-order chi connectivity index (χ1) is 59.8. The van der Waals surface area contributed by atoms with E-state index in [4.69, 9.17) is 17.7 Å². The standard InChI is InChI=1S/C112H55N5O4/c113-52-58-38-43-74(69-27-15-35-94-100(69)78-22-6-10-31-90(78)119-94)105-96(58)107-97-59(53-114)40-44-75(106(97)108(105)98-60(54-115)39-42-73(104(98)107)68-26-14-34-93-99(68)77-21-5-9-30-89(77)118-93)72-45-46-76(111-102(72)80-24-8-12-33-92(80)121-111)70-25-13-29-87-103(70)110-84-48-61(55-116)82(71-28-16-36-95-101(71)79-23-7-11-32-91(79)120-95)51-85(84)109-86-50-81(62(56-117)49-88(86)112(87,109)110)57-37-41-67-65-19-2-1-17-63(65)64-18-3-4-20-66(64)83(67)47-57/h1-51,107-110H. The van der Waals surface area contributed by atoms with E-state index in [1.807, 2.05) is 121 Å². The van der Waals surface area contributed by atoms with Crippen molar-refractivity contribution in [3.8, 4) is 97.1 Å². The van der Waals surface area contributed by atoms with Crippen LogP contribution in [0.3, 0.4) is 0 Å². The molecule has 0 aliphatic heterocycles. The van der Waals surface area contributed by atoms with Crippen molar-refractivity contribution in [1.29, 1.82) is 26.3 Å². The molecule has 1 spiro atoms. The van der Waals surface area contributed by atoms with Crippen molar-refractivity contribution in [3.63, 3.8) is 0 Å². The van der Waals surface area contributed by atoms with Crippen LogP contribution in [0.4, 0.5) is 0 Å². The van der Waals surface area contributed by atoms with Gasteiger partial charge >= 0.3 is 0 Å². The minimum absolute atomic E-state index is 0.177. The molecular weight excluding hydrogens is 1480 g/mol. The first kappa shape index (κ1) is 65.6. The monoisotopic (exact) mass is 1530 g/mol. The Bertz CT molecular complexity index is 8900. The molecule has 0 saturated heterocycles. The minimum atomic E-state index is -0.750. The van der Waals surface area contributed by atoms with Crippen LogP contribution in [-0.4, -0.2) is 0 Å². The maximum Gasteiger partial charge on any atom is 0.143 e. The number of para-hydroxylation sites is 4. The van der Waals surface area contributed by atoms with Gasteiger partial charge in [0.05, 0.1) is 58.2 Å². The van der Waals surface area contributed by atoms with Crippen molar-refractivity contribution in [2.24, 2.45) is 0 Å². The van der Waals surface area contributed by atoms with Gasteiger partial charge in [0.15, 0.2) is 0 Å². The molecule has 5 unspecified atom stereocenters. The van der Waals surface area contributed by atoms with Crippen LogP contribution in [0.5, 0.6) is 0 Å². The Kier molecular flexibility index (Phi) is 12.8. The summed E-state index contributed by atoms with van der Waals surface area (Å²) in [6.07, 6.45) is 0. The Morgan fingerprint density at radius 2 is 0.579 bits per heavy atom. The lowest BCUT2D eigenvalue weighted by Gasteiger charge is -2.59. The summed E-state index contributed by atoms with van der Waals surface area (Å²) in [6.45, 7) is 0. The summed E-state index contributed by atoms with van der Waals surface area (Å²) >= 11 is 0. The Morgan fingerprint density at radius 1 is 0.215 bits per heavy atom. The highest BCUT2D eigenvalue weighted by Gasteiger charge is 2.70. The second-order valence-electron chi connectivity index (χ2n) is 33.0. The molecule has 0 amide bonds. The highest BCUT2D eigenvalue weighted by Crippen LogP contribution is 2.79. The molecule has 552 valence electrons. The van der Waals surface area contributed by atoms with Crippen LogP contribution < -0.4 is 0 Å². The summed E-state index contributed by atoms with van der Waals surface area (Å²) < 4.78 is 27.3. The summed E-state index contributed by atoms with van der Waals surface area (Å²) in [5.41, 5.74) is 30.3.